The molecule has 1 aliphatic heterocycles. The third-order valence-corrected chi connectivity index (χ3v) is 4.70. The maximum Gasteiger partial charge on any atom is 0.265 e. The number of nitrogens with one attached hydrogen (secondary N) is 2. The van der Waals surface area contributed by atoms with Gasteiger partial charge in [-0.3, -0.25) is 9.59 Å². The molecule has 4 rings (SSSR count). The number of rotatable bonds is 5. The van der Waals surface area contributed by atoms with E-state index in [9.17, 15) is 9.59 Å². The fourth-order valence-electron chi connectivity index (χ4n) is 3.23. The standard InChI is InChI=1S/C23H20N2O4/c1-28-17-9-6-8-16(14-17)24-22(26)18-10-3-4-11-19(18)25-23(27)21-13-15-7-2-5-12-20(15)29-21/h2-12,14,21H,13H2,1H3,(H,24,26)(H,25,27). The molecule has 6 nitrogen and oxygen atoms in total. The molecule has 29 heavy (non-hydrogen) atoms. The number of carbonyl (C=O) groups excluding carboxylic acids is 2. The third-order valence-electron chi connectivity index (χ3n) is 4.70. The number of hydrogen-bond acceptors (Lipinski definition) is 4. The van der Waals surface area contributed by atoms with Crippen molar-refractivity contribution in [2.24, 2.45) is 0 Å². The molecule has 1 heterocycles. The molecule has 3 aromatic rings. The molecule has 1 aliphatic rings. The van der Waals surface area contributed by atoms with Crippen molar-refractivity contribution < 1.29 is 19.1 Å². The molecular weight excluding hydrogens is 368 g/mol. The van der Waals surface area contributed by atoms with Gasteiger partial charge in [-0.05, 0) is 35.9 Å². The molecule has 0 radical (unpaired) electrons. The number of fused-ring (bicyclic) bond motifs is 1. The van der Waals surface area contributed by atoms with E-state index >= 15 is 0 Å². The summed E-state index contributed by atoms with van der Waals surface area (Å²) in [7, 11) is 1.56. The van der Waals surface area contributed by atoms with E-state index in [1.807, 2.05) is 24.3 Å². The molecule has 146 valence electrons. The average molecular weight is 388 g/mol. The zero-order valence-corrected chi connectivity index (χ0v) is 15.8. The molecule has 0 saturated heterocycles. The van der Waals surface area contributed by atoms with Gasteiger partial charge in [-0.2, -0.15) is 0 Å². The van der Waals surface area contributed by atoms with Gasteiger partial charge in [0.2, 0.25) is 0 Å². The fraction of sp³-hybridized carbons (Fsp3) is 0.130. The number of amides is 2. The van der Waals surface area contributed by atoms with Crippen LogP contribution in [-0.4, -0.2) is 25.0 Å². The topological polar surface area (TPSA) is 76.7 Å². The number of methoxy groups -OCH3 is 1. The van der Waals surface area contributed by atoms with Crippen molar-refractivity contribution in [2.45, 2.75) is 12.5 Å². The Hall–Kier alpha value is -3.80. The molecule has 1 unspecified atom stereocenters. The molecule has 0 aromatic heterocycles. The molecule has 3 aromatic carbocycles. The SMILES string of the molecule is COc1cccc(NC(=O)c2ccccc2NC(=O)C2Cc3ccccc3O2)c1. The summed E-state index contributed by atoms with van der Waals surface area (Å²) in [6.45, 7) is 0. The molecule has 6 heteroatoms. The first-order chi connectivity index (χ1) is 14.1. The van der Waals surface area contributed by atoms with Gasteiger partial charge >= 0.3 is 0 Å². The van der Waals surface area contributed by atoms with Gasteiger partial charge in [0.25, 0.3) is 11.8 Å². The van der Waals surface area contributed by atoms with Crippen molar-refractivity contribution in [1.29, 1.82) is 0 Å². The molecule has 1 atom stereocenters. The maximum atomic E-state index is 12.8. The second kappa shape index (κ2) is 8.06. The lowest BCUT2D eigenvalue weighted by molar-refractivity contribution is -0.122. The molecule has 0 spiro atoms. The maximum absolute atomic E-state index is 12.8. The van der Waals surface area contributed by atoms with E-state index in [1.165, 1.54) is 0 Å². The Morgan fingerprint density at radius 3 is 2.59 bits per heavy atom. The summed E-state index contributed by atoms with van der Waals surface area (Å²) >= 11 is 0. The summed E-state index contributed by atoms with van der Waals surface area (Å²) in [6.07, 6.45) is -0.123. The van der Waals surface area contributed by atoms with Crippen LogP contribution in [0.5, 0.6) is 11.5 Å². The van der Waals surface area contributed by atoms with Crippen LogP contribution in [-0.2, 0) is 11.2 Å². The Morgan fingerprint density at radius 2 is 1.76 bits per heavy atom. The summed E-state index contributed by atoms with van der Waals surface area (Å²) in [5.74, 6) is 0.742. The summed E-state index contributed by atoms with van der Waals surface area (Å²) < 4.78 is 10.9. The Bertz CT molecular complexity index is 1040. The highest BCUT2D eigenvalue weighted by atomic mass is 16.5. The van der Waals surface area contributed by atoms with E-state index in [0.717, 1.165) is 11.3 Å². The Kier molecular flexibility index (Phi) is 5.16. The molecule has 2 N–H and O–H groups in total. The first-order valence-corrected chi connectivity index (χ1v) is 9.24. The second-order valence-electron chi connectivity index (χ2n) is 6.64. The highest BCUT2D eigenvalue weighted by Gasteiger charge is 2.29. The second-order valence-corrected chi connectivity index (χ2v) is 6.64. The number of carbonyl (C=O) groups is 2. The van der Waals surface area contributed by atoms with Gasteiger partial charge in [0, 0.05) is 18.2 Å². The predicted molar refractivity (Wildman–Crippen MR) is 111 cm³/mol. The first kappa shape index (κ1) is 18.6. The van der Waals surface area contributed by atoms with Crippen molar-refractivity contribution in [3.63, 3.8) is 0 Å². The number of para-hydroxylation sites is 2. The van der Waals surface area contributed by atoms with Crippen LogP contribution in [0.1, 0.15) is 15.9 Å². The molecule has 0 bridgehead atoms. The van der Waals surface area contributed by atoms with Crippen LogP contribution in [0, 0.1) is 0 Å². The van der Waals surface area contributed by atoms with Crippen LogP contribution in [0.4, 0.5) is 11.4 Å². The smallest absolute Gasteiger partial charge is 0.265 e. The van der Waals surface area contributed by atoms with E-state index in [1.54, 1.807) is 55.6 Å². The Labute approximate surface area is 168 Å². The Morgan fingerprint density at radius 1 is 0.966 bits per heavy atom. The van der Waals surface area contributed by atoms with Crippen LogP contribution in [0.2, 0.25) is 0 Å². The monoisotopic (exact) mass is 388 g/mol. The average Bonchev–Trinajstić information content (AvgIpc) is 3.19. The molecule has 0 saturated carbocycles. The lowest BCUT2D eigenvalue weighted by atomic mass is 10.1. The van der Waals surface area contributed by atoms with Crippen molar-refractivity contribution in [1.82, 2.24) is 0 Å². The van der Waals surface area contributed by atoms with Gasteiger partial charge in [-0.1, -0.05) is 36.4 Å². The highest BCUT2D eigenvalue weighted by molar-refractivity contribution is 6.10. The summed E-state index contributed by atoms with van der Waals surface area (Å²) in [5, 5.41) is 5.66. The quantitative estimate of drug-likeness (QED) is 0.695. The van der Waals surface area contributed by atoms with E-state index in [0.29, 0.717) is 29.1 Å². The van der Waals surface area contributed by atoms with Crippen LogP contribution < -0.4 is 20.1 Å². The third kappa shape index (κ3) is 4.06. The molecule has 0 aliphatic carbocycles. The van der Waals surface area contributed by atoms with Crippen LogP contribution >= 0.6 is 0 Å². The van der Waals surface area contributed by atoms with E-state index in [2.05, 4.69) is 10.6 Å². The summed E-state index contributed by atoms with van der Waals surface area (Å²) in [4.78, 5) is 25.5. The van der Waals surface area contributed by atoms with Crippen LogP contribution in [0.3, 0.4) is 0 Å². The van der Waals surface area contributed by atoms with Gasteiger partial charge in [0.1, 0.15) is 11.5 Å². The van der Waals surface area contributed by atoms with E-state index in [-0.39, 0.29) is 11.8 Å². The fourth-order valence-corrected chi connectivity index (χ4v) is 3.23. The molecular formula is C23H20N2O4. The molecule has 2 amide bonds. The zero-order valence-electron chi connectivity index (χ0n) is 15.8. The van der Waals surface area contributed by atoms with Crippen molar-refractivity contribution in [3.05, 3.63) is 83.9 Å². The lowest BCUT2D eigenvalue weighted by Crippen LogP contribution is -2.32. The van der Waals surface area contributed by atoms with Gasteiger partial charge < -0.3 is 20.1 Å². The number of benzene rings is 3. The van der Waals surface area contributed by atoms with Gasteiger partial charge in [0.05, 0.1) is 18.4 Å². The van der Waals surface area contributed by atoms with Crippen molar-refractivity contribution in [3.8, 4) is 11.5 Å². The van der Waals surface area contributed by atoms with Gasteiger partial charge in [-0.15, -0.1) is 0 Å². The van der Waals surface area contributed by atoms with Crippen LogP contribution in [0.15, 0.2) is 72.8 Å². The van der Waals surface area contributed by atoms with Crippen molar-refractivity contribution >= 4 is 23.2 Å². The normalized spacial score (nSPS) is 14.4. The van der Waals surface area contributed by atoms with Crippen molar-refractivity contribution in [2.75, 3.05) is 17.7 Å². The lowest BCUT2D eigenvalue weighted by Gasteiger charge is -2.14. The van der Waals surface area contributed by atoms with E-state index < -0.39 is 6.10 Å². The number of ether oxygens (including phenoxy) is 2. The van der Waals surface area contributed by atoms with Crippen LogP contribution in [0.25, 0.3) is 0 Å². The minimum Gasteiger partial charge on any atom is -0.497 e. The van der Waals surface area contributed by atoms with Gasteiger partial charge in [0.15, 0.2) is 6.10 Å². The highest BCUT2D eigenvalue weighted by Crippen LogP contribution is 2.29. The summed E-state index contributed by atoms with van der Waals surface area (Å²) in [6, 6.07) is 21.5. The first-order valence-electron chi connectivity index (χ1n) is 9.24. The van der Waals surface area contributed by atoms with E-state index in [4.69, 9.17) is 9.47 Å². The van der Waals surface area contributed by atoms with Gasteiger partial charge in [-0.25, -0.2) is 0 Å². The number of anilines is 2. The minimum absolute atomic E-state index is 0.289. The molecule has 0 fully saturated rings. The predicted octanol–water partition coefficient (Wildman–Crippen LogP) is 3.89. The largest absolute Gasteiger partial charge is 0.497 e. The summed E-state index contributed by atoms with van der Waals surface area (Å²) in [5.41, 5.74) is 2.39. The Balaban J connectivity index is 1.48. The minimum atomic E-state index is -0.623. The zero-order chi connectivity index (χ0) is 20.2. The number of hydrogen-bond donors (Lipinski definition) is 2.